The van der Waals surface area contributed by atoms with E-state index in [0.29, 0.717) is 0 Å². The molecule has 0 unspecified atom stereocenters. The SMILES string of the molecule is O=C=NCCS(=O)(=O)Cl. The second kappa shape index (κ2) is 3.61. The van der Waals surface area contributed by atoms with Gasteiger partial charge in [-0.15, -0.1) is 0 Å². The van der Waals surface area contributed by atoms with Crippen molar-refractivity contribution < 1.29 is 13.2 Å². The van der Waals surface area contributed by atoms with Crippen LogP contribution in [0.5, 0.6) is 0 Å². The molecule has 52 valence electrons. The summed E-state index contributed by atoms with van der Waals surface area (Å²) in [5, 5.41) is 0. The third kappa shape index (κ3) is 7.62. The molecule has 0 atom stereocenters. The molecule has 0 spiro atoms. The normalized spacial score (nSPS) is 10.3. The van der Waals surface area contributed by atoms with Crippen molar-refractivity contribution in [3.63, 3.8) is 0 Å². The van der Waals surface area contributed by atoms with E-state index in [1.54, 1.807) is 0 Å². The van der Waals surface area contributed by atoms with E-state index in [0.717, 1.165) is 0 Å². The van der Waals surface area contributed by atoms with Crippen molar-refractivity contribution in [2.24, 2.45) is 4.99 Å². The molecule has 0 aliphatic carbocycles. The lowest BCUT2D eigenvalue weighted by Gasteiger charge is -1.84. The van der Waals surface area contributed by atoms with Crippen molar-refractivity contribution in [2.45, 2.75) is 0 Å². The van der Waals surface area contributed by atoms with Gasteiger partial charge in [0.1, 0.15) is 0 Å². The van der Waals surface area contributed by atoms with E-state index in [2.05, 4.69) is 4.99 Å². The van der Waals surface area contributed by atoms with Crippen molar-refractivity contribution in [1.82, 2.24) is 0 Å². The summed E-state index contributed by atoms with van der Waals surface area (Å²) in [7, 11) is 1.25. The maximum atomic E-state index is 10.1. The fourth-order valence-electron chi connectivity index (χ4n) is 0.200. The summed E-state index contributed by atoms with van der Waals surface area (Å²) in [6.45, 7) is -0.116. The molecule has 0 aromatic heterocycles. The van der Waals surface area contributed by atoms with Crippen molar-refractivity contribution in [1.29, 1.82) is 0 Å². The number of hydrogen-bond donors (Lipinski definition) is 0. The quantitative estimate of drug-likeness (QED) is 0.337. The van der Waals surface area contributed by atoms with Crippen LogP contribution in [-0.2, 0) is 13.8 Å². The molecular formula is C3H4ClNO3S. The minimum absolute atomic E-state index is 0.116. The monoisotopic (exact) mass is 169 g/mol. The van der Waals surface area contributed by atoms with E-state index in [9.17, 15) is 13.2 Å². The molecule has 0 N–H and O–H groups in total. The Kier molecular flexibility index (Phi) is 3.46. The van der Waals surface area contributed by atoms with Gasteiger partial charge in [-0.25, -0.2) is 18.2 Å². The number of rotatable bonds is 3. The van der Waals surface area contributed by atoms with Crippen LogP contribution in [0.15, 0.2) is 4.99 Å². The first-order valence-corrected chi connectivity index (χ1v) is 4.50. The Morgan fingerprint density at radius 2 is 2.11 bits per heavy atom. The fraction of sp³-hybridized carbons (Fsp3) is 0.667. The predicted octanol–water partition coefficient (Wildman–Crippen LogP) is -0.109. The summed E-state index contributed by atoms with van der Waals surface area (Å²) in [5.74, 6) is -0.316. The molecule has 0 aromatic rings. The topological polar surface area (TPSA) is 63.6 Å². The standard InChI is InChI=1S/C3H4ClNO3S/c4-9(7,8)2-1-5-3-6/h1-2H2. The Hall–Kier alpha value is -0.380. The Bertz CT molecular complexity index is 215. The molecule has 0 saturated carbocycles. The molecule has 0 aromatic carbocycles. The smallest absolute Gasteiger partial charge is 0.212 e. The molecule has 6 heteroatoms. The lowest BCUT2D eigenvalue weighted by molar-refractivity contribution is 0.563. The summed E-state index contributed by atoms with van der Waals surface area (Å²) in [5.41, 5.74) is 0. The molecule has 0 amide bonds. The third-order valence-corrected chi connectivity index (χ3v) is 1.64. The number of halogens is 1. The zero-order valence-corrected chi connectivity index (χ0v) is 5.94. The number of carbonyl (C=O) groups excluding carboxylic acids is 1. The number of nitrogens with zero attached hydrogens (tertiary/aromatic N) is 1. The lowest BCUT2D eigenvalue weighted by atomic mass is 10.8. The van der Waals surface area contributed by atoms with Gasteiger partial charge in [-0.05, 0) is 0 Å². The van der Waals surface area contributed by atoms with E-state index in [4.69, 9.17) is 10.7 Å². The molecule has 0 aliphatic rings. The number of hydrogen-bond acceptors (Lipinski definition) is 4. The van der Waals surface area contributed by atoms with Crippen LogP contribution in [0.1, 0.15) is 0 Å². The van der Waals surface area contributed by atoms with Gasteiger partial charge in [-0.3, -0.25) is 0 Å². The van der Waals surface area contributed by atoms with Crippen LogP contribution < -0.4 is 0 Å². The fourth-order valence-corrected chi connectivity index (χ4v) is 0.717. The van der Waals surface area contributed by atoms with Crippen molar-refractivity contribution >= 4 is 25.8 Å². The molecule has 4 nitrogen and oxygen atoms in total. The Labute approximate surface area is 57.0 Å². The Morgan fingerprint density at radius 3 is 2.44 bits per heavy atom. The summed E-state index contributed by atoms with van der Waals surface area (Å²) in [6.07, 6.45) is 1.19. The van der Waals surface area contributed by atoms with E-state index in [1.165, 1.54) is 6.08 Å². The van der Waals surface area contributed by atoms with Gasteiger partial charge >= 0.3 is 0 Å². The van der Waals surface area contributed by atoms with E-state index in [1.807, 2.05) is 0 Å². The molecule has 0 aliphatic heterocycles. The number of isocyanates is 1. The van der Waals surface area contributed by atoms with Gasteiger partial charge in [0.15, 0.2) is 0 Å². The average Bonchev–Trinajstić information content (AvgIpc) is 1.63. The number of aliphatic imine (C=N–C) groups is 1. The molecule has 0 heterocycles. The van der Waals surface area contributed by atoms with Crippen molar-refractivity contribution in [3.8, 4) is 0 Å². The zero-order chi connectivity index (χ0) is 7.33. The van der Waals surface area contributed by atoms with E-state index < -0.39 is 9.05 Å². The molecular weight excluding hydrogens is 166 g/mol. The molecule has 0 rings (SSSR count). The van der Waals surface area contributed by atoms with Gasteiger partial charge in [-0.2, -0.15) is 0 Å². The van der Waals surface area contributed by atoms with Crippen LogP contribution in [0, 0.1) is 0 Å². The highest BCUT2D eigenvalue weighted by Crippen LogP contribution is 1.94. The molecule has 0 fully saturated rings. The van der Waals surface area contributed by atoms with Crippen molar-refractivity contribution in [3.05, 3.63) is 0 Å². The van der Waals surface area contributed by atoms with Crippen LogP contribution in [0.25, 0.3) is 0 Å². The Balaban J connectivity index is 3.66. The van der Waals surface area contributed by atoms with Crippen LogP contribution in [-0.4, -0.2) is 26.8 Å². The minimum Gasteiger partial charge on any atom is -0.212 e. The summed E-state index contributed by atoms with van der Waals surface area (Å²) in [6, 6.07) is 0. The van der Waals surface area contributed by atoms with E-state index >= 15 is 0 Å². The van der Waals surface area contributed by atoms with Gasteiger partial charge in [0.2, 0.25) is 15.1 Å². The lowest BCUT2D eigenvalue weighted by Crippen LogP contribution is -1.99. The highest BCUT2D eigenvalue weighted by molar-refractivity contribution is 8.13. The molecule has 0 radical (unpaired) electrons. The maximum absolute atomic E-state index is 10.1. The molecule has 9 heavy (non-hydrogen) atoms. The average molecular weight is 170 g/mol. The Morgan fingerprint density at radius 1 is 1.56 bits per heavy atom. The first kappa shape index (κ1) is 8.62. The summed E-state index contributed by atoms with van der Waals surface area (Å²) >= 11 is 0. The largest absolute Gasteiger partial charge is 0.234 e. The van der Waals surface area contributed by atoms with Gasteiger partial charge in [0.25, 0.3) is 0 Å². The second-order valence-corrected chi connectivity index (χ2v) is 4.11. The van der Waals surface area contributed by atoms with Crippen molar-refractivity contribution in [2.75, 3.05) is 12.3 Å². The molecule has 0 saturated heterocycles. The summed E-state index contributed by atoms with van der Waals surface area (Å²) < 4.78 is 20.2. The predicted molar refractivity (Wildman–Crippen MR) is 32.6 cm³/mol. The third-order valence-electron chi connectivity index (χ3n) is 0.511. The highest BCUT2D eigenvalue weighted by atomic mass is 35.7. The van der Waals surface area contributed by atoms with Crippen LogP contribution in [0.2, 0.25) is 0 Å². The zero-order valence-electron chi connectivity index (χ0n) is 4.37. The van der Waals surface area contributed by atoms with Gasteiger partial charge in [0, 0.05) is 10.7 Å². The molecule has 0 bridgehead atoms. The summed E-state index contributed by atoms with van der Waals surface area (Å²) in [4.78, 5) is 12.3. The van der Waals surface area contributed by atoms with Crippen LogP contribution in [0.4, 0.5) is 0 Å². The second-order valence-electron chi connectivity index (χ2n) is 1.22. The van der Waals surface area contributed by atoms with Gasteiger partial charge in [0.05, 0.1) is 12.3 Å². The van der Waals surface area contributed by atoms with Crippen LogP contribution in [0.3, 0.4) is 0 Å². The van der Waals surface area contributed by atoms with Crippen LogP contribution >= 0.6 is 10.7 Å². The van der Waals surface area contributed by atoms with Gasteiger partial charge < -0.3 is 0 Å². The first-order valence-electron chi connectivity index (χ1n) is 2.02. The van der Waals surface area contributed by atoms with E-state index in [-0.39, 0.29) is 12.3 Å². The first-order chi connectivity index (χ1) is 4.06. The van der Waals surface area contributed by atoms with Gasteiger partial charge in [-0.1, -0.05) is 0 Å². The maximum Gasteiger partial charge on any atom is 0.234 e. The highest BCUT2D eigenvalue weighted by Gasteiger charge is 2.01. The minimum atomic E-state index is -3.50.